The van der Waals surface area contributed by atoms with Crippen molar-refractivity contribution in [2.45, 2.75) is 32.9 Å². The first-order valence-corrected chi connectivity index (χ1v) is 12.3. The Morgan fingerprint density at radius 3 is 2.44 bits per heavy atom. The van der Waals surface area contributed by atoms with Crippen LogP contribution in [0.3, 0.4) is 0 Å². The molecule has 174 valence electrons. The molecule has 1 atom stereocenters. The maximum Gasteiger partial charge on any atom is 0.244 e. The van der Waals surface area contributed by atoms with Gasteiger partial charge >= 0.3 is 0 Å². The van der Waals surface area contributed by atoms with Crippen molar-refractivity contribution in [3.63, 3.8) is 0 Å². The van der Waals surface area contributed by atoms with Crippen molar-refractivity contribution < 1.29 is 22.4 Å². The molecule has 0 aliphatic carbocycles. The van der Waals surface area contributed by atoms with Crippen molar-refractivity contribution in [1.29, 1.82) is 0 Å². The molecule has 0 saturated carbocycles. The molecule has 2 aromatic rings. The Kier molecular flexibility index (Phi) is 9.03. The van der Waals surface area contributed by atoms with E-state index in [1.807, 2.05) is 6.92 Å². The predicted octanol–water partition coefficient (Wildman–Crippen LogP) is 3.19. The largest absolute Gasteiger partial charge is 0.354 e. The molecule has 0 fully saturated rings. The van der Waals surface area contributed by atoms with Crippen LogP contribution >= 0.6 is 11.6 Å². The molecular formula is C22H27ClFN3O4S. The summed E-state index contributed by atoms with van der Waals surface area (Å²) in [5.41, 5.74) is 0.621. The highest BCUT2D eigenvalue weighted by Gasteiger charge is 2.30. The molecule has 10 heteroatoms. The van der Waals surface area contributed by atoms with Gasteiger partial charge in [-0.2, -0.15) is 0 Å². The molecule has 2 amide bonds. The highest BCUT2D eigenvalue weighted by molar-refractivity contribution is 7.92. The van der Waals surface area contributed by atoms with Crippen molar-refractivity contribution in [2.75, 3.05) is 23.7 Å². The third kappa shape index (κ3) is 6.93. The van der Waals surface area contributed by atoms with Crippen LogP contribution in [0.5, 0.6) is 0 Å². The van der Waals surface area contributed by atoms with Gasteiger partial charge in [-0.15, -0.1) is 0 Å². The zero-order valence-electron chi connectivity index (χ0n) is 18.2. The van der Waals surface area contributed by atoms with Gasteiger partial charge in [0.15, 0.2) is 0 Å². The van der Waals surface area contributed by atoms with Crippen LogP contribution in [0.2, 0.25) is 5.02 Å². The van der Waals surface area contributed by atoms with E-state index in [9.17, 15) is 22.4 Å². The van der Waals surface area contributed by atoms with Crippen molar-refractivity contribution in [2.24, 2.45) is 0 Å². The van der Waals surface area contributed by atoms with Crippen LogP contribution in [0.4, 0.5) is 10.1 Å². The number of sulfonamides is 1. The molecule has 32 heavy (non-hydrogen) atoms. The van der Waals surface area contributed by atoms with Crippen LogP contribution in [0.15, 0.2) is 48.5 Å². The monoisotopic (exact) mass is 483 g/mol. The summed E-state index contributed by atoms with van der Waals surface area (Å²) in [6.07, 6.45) is 1.65. The number of hydrogen-bond donors (Lipinski definition) is 1. The molecular weight excluding hydrogens is 457 g/mol. The first kappa shape index (κ1) is 25.6. The lowest BCUT2D eigenvalue weighted by Gasteiger charge is -2.31. The minimum atomic E-state index is -3.91. The van der Waals surface area contributed by atoms with Gasteiger partial charge in [0, 0.05) is 18.1 Å². The number of carbonyl (C=O) groups excluding carboxylic acids is 2. The zero-order valence-corrected chi connectivity index (χ0v) is 19.8. The highest BCUT2D eigenvalue weighted by Crippen LogP contribution is 2.22. The number of benzene rings is 2. The number of nitrogens with zero attached hydrogens (tertiary/aromatic N) is 2. The molecule has 7 nitrogen and oxygen atoms in total. The molecule has 1 N–H and O–H groups in total. The van der Waals surface area contributed by atoms with Crippen molar-refractivity contribution >= 4 is 39.1 Å². The summed E-state index contributed by atoms with van der Waals surface area (Å²) in [5.74, 6) is -1.63. The van der Waals surface area contributed by atoms with Crippen LogP contribution in [-0.2, 0) is 26.2 Å². The average Bonchev–Trinajstić information content (AvgIpc) is 2.73. The van der Waals surface area contributed by atoms with Gasteiger partial charge in [-0.3, -0.25) is 13.9 Å². The number of anilines is 1. The fourth-order valence-corrected chi connectivity index (χ4v) is 4.07. The number of rotatable bonds is 10. The van der Waals surface area contributed by atoms with Gasteiger partial charge in [0.05, 0.1) is 11.9 Å². The van der Waals surface area contributed by atoms with Gasteiger partial charge in [-0.1, -0.05) is 42.8 Å². The van der Waals surface area contributed by atoms with E-state index >= 15 is 0 Å². The Labute approximate surface area is 193 Å². The first-order chi connectivity index (χ1) is 15.0. The Hall–Kier alpha value is -2.65. The number of halogens is 2. The number of nitrogens with one attached hydrogen (secondary N) is 1. The van der Waals surface area contributed by atoms with Crippen LogP contribution in [-0.4, -0.2) is 50.5 Å². The summed E-state index contributed by atoms with van der Waals surface area (Å²) in [6, 6.07) is 10.9. The van der Waals surface area contributed by atoms with Gasteiger partial charge in [0.25, 0.3) is 0 Å². The molecule has 0 spiro atoms. The van der Waals surface area contributed by atoms with Gasteiger partial charge in [-0.05, 0) is 43.2 Å². The van der Waals surface area contributed by atoms with E-state index in [-0.39, 0.29) is 18.1 Å². The Morgan fingerprint density at radius 2 is 1.84 bits per heavy atom. The molecule has 0 radical (unpaired) electrons. The molecule has 0 aromatic heterocycles. The van der Waals surface area contributed by atoms with Crippen LogP contribution < -0.4 is 9.62 Å². The molecule has 0 bridgehead atoms. The van der Waals surface area contributed by atoms with Crippen LogP contribution in [0, 0.1) is 5.82 Å². The van der Waals surface area contributed by atoms with Gasteiger partial charge in [0.1, 0.15) is 18.4 Å². The van der Waals surface area contributed by atoms with Crippen LogP contribution in [0.25, 0.3) is 0 Å². The molecule has 0 saturated heterocycles. The highest BCUT2D eigenvalue weighted by atomic mass is 35.5. The lowest BCUT2D eigenvalue weighted by Crippen LogP contribution is -2.51. The smallest absolute Gasteiger partial charge is 0.244 e. The average molecular weight is 484 g/mol. The van der Waals surface area contributed by atoms with Crippen molar-refractivity contribution in [1.82, 2.24) is 10.2 Å². The van der Waals surface area contributed by atoms with E-state index in [0.29, 0.717) is 17.1 Å². The third-order valence-corrected chi connectivity index (χ3v) is 6.30. The van der Waals surface area contributed by atoms with E-state index in [1.54, 1.807) is 31.2 Å². The fraction of sp³-hybridized carbons (Fsp3) is 0.364. The Morgan fingerprint density at radius 1 is 1.16 bits per heavy atom. The summed E-state index contributed by atoms with van der Waals surface area (Å²) in [6.45, 7) is 3.31. The van der Waals surface area contributed by atoms with Crippen molar-refractivity contribution in [3.8, 4) is 0 Å². The SMILES string of the molecule is CCCNC(=O)[C@@H](C)N(Cc1ccccc1Cl)C(=O)CN(c1cccc(F)c1)S(C)(=O)=O. The normalized spacial score (nSPS) is 12.2. The molecule has 0 heterocycles. The van der Waals surface area contributed by atoms with Crippen molar-refractivity contribution in [3.05, 3.63) is 64.9 Å². The number of amides is 2. The second-order valence-corrected chi connectivity index (χ2v) is 9.64. The maximum absolute atomic E-state index is 13.7. The summed E-state index contributed by atoms with van der Waals surface area (Å²) < 4.78 is 39.3. The maximum atomic E-state index is 13.7. The van der Waals surface area contributed by atoms with Gasteiger partial charge in [0.2, 0.25) is 21.8 Å². The topological polar surface area (TPSA) is 86.8 Å². The number of hydrogen-bond acceptors (Lipinski definition) is 4. The summed E-state index contributed by atoms with van der Waals surface area (Å²) in [7, 11) is -3.91. The standard InChI is InChI=1S/C22H27ClFN3O4S/c1-4-12-25-22(29)16(2)26(14-17-8-5-6-11-20(17)23)21(28)15-27(32(3,30)31)19-10-7-9-18(24)13-19/h5-11,13,16H,4,12,14-15H2,1-3H3,(H,25,29)/t16-/m1/s1. The van der Waals surface area contributed by atoms with Crippen LogP contribution in [0.1, 0.15) is 25.8 Å². The van der Waals surface area contributed by atoms with E-state index in [4.69, 9.17) is 11.6 Å². The van der Waals surface area contributed by atoms with Gasteiger partial charge < -0.3 is 10.2 Å². The molecule has 2 aromatic carbocycles. The summed E-state index contributed by atoms with van der Waals surface area (Å²) >= 11 is 6.25. The molecule has 0 unspecified atom stereocenters. The summed E-state index contributed by atoms with van der Waals surface area (Å²) in [5, 5.41) is 3.16. The van der Waals surface area contributed by atoms with E-state index in [0.717, 1.165) is 23.0 Å². The predicted molar refractivity (Wildman–Crippen MR) is 123 cm³/mol. The minimum Gasteiger partial charge on any atom is -0.354 e. The minimum absolute atomic E-state index is 0.0000287. The quantitative estimate of drug-likeness (QED) is 0.562. The fourth-order valence-electron chi connectivity index (χ4n) is 3.03. The molecule has 2 rings (SSSR count). The second kappa shape index (κ2) is 11.3. The second-order valence-electron chi connectivity index (χ2n) is 7.33. The van der Waals surface area contributed by atoms with E-state index < -0.39 is 34.3 Å². The van der Waals surface area contributed by atoms with E-state index in [1.165, 1.54) is 23.1 Å². The first-order valence-electron chi connectivity index (χ1n) is 10.1. The Balaban J connectivity index is 2.38. The van der Waals surface area contributed by atoms with E-state index in [2.05, 4.69) is 5.32 Å². The molecule has 0 aliphatic heterocycles. The zero-order chi connectivity index (χ0) is 23.9. The lowest BCUT2D eigenvalue weighted by molar-refractivity contribution is -0.139. The Bertz CT molecular complexity index is 1060. The summed E-state index contributed by atoms with van der Waals surface area (Å²) in [4.78, 5) is 27.2. The third-order valence-electron chi connectivity index (χ3n) is 4.79. The molecule has 0 aliphatic rings. The number of carbonyl (C=O) groups is 2. The lowest BCUT2D eigenvalue weighted by atomic mass is 10.1. The van der Waals surface area contributed by atoms with Gasteiger partial charge in [-0.25, -0.2) is 12.8 Å².